The zero-order chi connectivity index (χ0) is 12.1. The van der Waals surface area contributed by atoms with E-state index in [1.807, 2.05) is 0 Å². The van der Waals surface area contributed by atoms with Gasteiger partial charge in [0.05, 0.1) is 0 Å². The molecule has 17 heavy (non-hydrogen) atoms. The van der Waals surface area contributed by atoms with Crippen LogP contribution in [-0.4, -0.2) is 12.1 Å². The lowest BCUT2D eigenvalue weighted by Crippen LogP contribution is -2.48. The topological polar surface area (TPSA) is 38.0 Å². The first-order chi connectivity index (χ1) is 8.28. The van der Waals surface area contributed by atoms with Gasteiger partial charge >= 0.3 is 0 Å². The molecule has 0 spiro atoms. The van der Waals surface area contributed by atoms with Crippen LogP contribution in [0.25, 0.3) is 0 Å². The van der Waals surface area contributed by atoms with Crippen molar-refractivity contribution in [3.8, 4) is 0 Å². The van der Waals surface area contributed by atoms with E-state index in [0.29, 0.717) is 0 Å². The molecule has 0 aliphatic heterocycles. The van der Waals surface area contributed by atoms with E-state index in [9.17, 15) is 0 Å². The van der Waals surface area contributed by atoms with E-state index in [2.05, 4.69) is 42.6 Å². The molecular formula is C15H24N2. The van der Waals surface area contributed by atoms with Crippen molar-refractivity contribution in [2.45, 2.75) is 44.7 Å². The first-order valence-electron chi connectivity index (χ1n) is 6.77. The largest absolute Gasteiger partial charge is 0.329 e. The molecule has 1 saturated carbocycles. The molecule has 2 nitrogen and oxygen atoms in total. The molecule has 94 valence electrons. The third-order valence-electron chi connectivity index (χ3n) is 4.19. The Morgan fingerprint density at radius 3 is 2.71 bits per heavy atom. The Kier molecular flexibility index (Phi) is 4.19. The van der Waals surface area contributed by atoms with Gasteiger partial charge in [-0.2, -0.15) is 0 Å². The summed E-state index contributed by atoms with van der Waals surface area (Å²) in [7, 11) is 0. The molecule has 0 amide bonds. The van der Waals surface area contributed by atoms with Crippen LogP contribution in [0.3, 0.4) is 0 Å². The number of nitrogens with one attached hydrogen (secondary N) is 1. The Labute approximate surface area is 105 Å². The standard InChI is InChI=1S/C15H24N2/c1-2-13-8-9-15(10-13,12-16)17-11-14-6-4-3-5-7-14/h3-7,13,17H,2,8-12,16H2,1H3. The van der Waals surface area contributed by atoms with Crippen LogP contribution in [-0.2, 0) is 6.54 Å². The molecule has 0 heterocycles. The predicted octanol–water partition coefficient (Wildman–Crippen LogP) is 2.68. The highest BCUT2D eigenvalue weighted by Crippen LogP contribution is 2.35. The van der Waals surface area contributed by atoms with Gasteiger partial charge in [-0.15, -0.1) is 0 Å². The molecule has 3 N–H and O–H groups in total. The molecule has 2 unspecified atom stereocenters. The van der Waals surface area contributed by atoms with Crippen LogP contribution in [0.5, 0.6) is 0 Å². The number of hydrogen-bond acceptors (Lipinski definition) is 2. The minimum atomic E-state index is 0.191. The van der Waals surface area contributed by atoms with Crippen molar-refractivity contribution in [1.29, 1.82) is 0 Å². The molecular weight excluding hydrogens is 208 g/mol. The SMILES string of the molecule is CCC1CCC(CN)(NCc2ccccc2)C1. The summed E-state index contributed by atoms with van der Waals surface area (Å²) in [5, 5.41) is 3.70. The van der Waals surface area contributed by atoms with Gasteiger partial charge in [0.15, 0.2) is 0 Å². The Morgan fingerprint density at radius 1 is 1.35 bits per heavy atom. The highest BCUT2D eigenvalue weighted by Gasteiger charge is 2.36. The van der Waals surface area contributed by atoms with E-state index < -0.39 is 0 Å². The van der Waals surface area contributed by atoms with Crippen molar-refractivity contribution in [2.24, 2.45) is 11.7 Å². The maximum Gasteiger partial charge on any atom is 0.0309 e. The van der Waals surface area contributed by atoms with E-state index in [1.54, 1.807) is 0 Å². The summed E-state index contributed by atoms with van der Waals surface area (Å²) in [5.41, 5.74) is 7.53. The van der Waals surface area contributed by atoms with Crippen molar-refractivity contribution in [1.82, 2.24) is 5.32 Å². The number of rotatable bonds is 5. The molecule has 2 atom stereocenters. The molecule has 0 saturated heterocycles. The maximum atomic E-state index is 5.99. The Bertz CT molecular complexity index is 336. The molecule has 0 aromatic heterocycles. The molecule has 1 aliphatic carbocycles. The predicted molar refractivity (Wildman–Crippen MR) is 72.7 cm³/mol. The summed E-state index contributed by atoms with van der Waals surface area (Å²) in [4.78, 5) is 0. The summed E-state index contributed by atoms with van der Waals surface area (Å²) < 4.78 is 0. The fraction of sp³-hybridized carbons (Fsp3) is 0.600. The summed E-state index contributed by atoms with van der Waals surface area (Å²) in [6.45, 7) is 3.99. The van der Waals surface area contributed by atoms with Crippen LogP contribution in [0, 0.1) is 5.92 Å². The van der Waals surface area contributed by atoms with Crippen LogP contribution in [0.4, 0.5) is 0 Å². The number of nitrogens with two attached hydrogens (primary N) is 1. The fourth-order valence-electron chi connectivity index (χ4n) is 2.89. The van der Waals surface area contributed by atoms with Crippen molar-refractivity contribution >= 4 is 0 Å². The van der Waals surface area contributed by atoms with Crippen molar-refractivity contribution < 1.29 is 0 Å². The second kappa shape index (κ2) is 5.65. The normalized spacial score (nSPS) is 28.5. The van der Waals surface area contributed by atoms with Crippen LogP contribution in [0.2, 0.25) is 0 Å². The van der Waals surface area contributed by atoms with Crippen LogP contribution < -0.4 is 11.1 Å². The van der Waals surface area contributed by atoms with Gasteiger partial charge in [-0.3, -0.25) is 0 Å². The Hall–Kier alpha value is -0.860. The third kappa shape index (κ3) is 3.08. The summed E-state index contributed by atoms with van der Waals surface area (Å²) in [5.74, 6) is 0.863. The maximum absolute atomic E-state index is 5.99. The van der Waals surface area contributed by atoms with Gasteiger partial charge in [0.1, 0.15) is 0 Å². The molecule has 0 radical (unpaired) electrons. The highest BCUT2D eigenvalue weighted by atomic mass is 15.0. The summed E-state index contributed by atoms with van der Waals surface area (Å²) >= 11 is 0. The minimum Gasteiger partial charge on any atom is -0.329 e. The van der Waals surface area contributed by atoms with Gasteiger partial charge in [-0.05, 0) is 30.7 Å². The lowest BCUT2D eigenvalue weighted by Gasteiger charge is -2.29. The molecule has 1 aromatic rings. The smallest absolute Gasteiger partial charge is 0.0309 e. The molecule has 1 aromatic carbocycles. The second-order valence-corrected chi connectivity index (χ2v) is 5.34. The average molecular weight is 232 g/mol. The van der Waals surface area contributed by atoms with E-state index in [0.717, 1.165) is 19.0 Å². The zero-order valence-electron chi connectivity index (χ0n) is 10.8. The summed E-state index contributed by atoms with van der Waals surface area (Å²) in [6.07, 6.45) is 5.09. The minimum absolute atomic E-state index is 0.191. The van der Waals surface area contributed by atoms with Gasteiger partial charge in [0.2, 0.25) is 0 Å². The highest BCUT2D eigenvalue weighted by molar-refractivity contribution is 5.15. The van der Waals surface area contributed by atoms with Crippen molar-refractivity contribution in [3.63, 3.8) is 0 Å². The lowest BCUT2D eigenvalue weighted by molar-refractivity contribution is 0.323. The van der Waals surface area contributed by atoms with Gasteiger partial charge in [-0.25, -0.2) is 0 Å². The van der Waals surface area contributed by atoms with Crippen LogP contribution >= 0.6 is 0 Å². The van der Waals surface area contributed by atoms with E-state index in [-0.39, 0.29) is 5.54 Å². The van der Waals surface area contributed by atoms with Crippen molar-refractivity contribution in [3.05, 3.63) is 35.9 Å². The van der Waals surface area contributed by atoms with Crippen LogP contribution in [0.1, 0.15) is 38.2 Å². The molecule has 1 fully saturated rings. The Morgan fingerprint density at radius 2 is 2.12 bits per heavy atom. The molecule has 1 aliphatic rings. The number of hydrogen-bond donors (Lipinski definition) is 2. The molecule has 2 rings (SSSR count). The zero-order valence-corrected chi connectivity index (χ0v) is 10.8. The first kappa shape index (κ1) is 12.6. The van der Waals surface area contributed by atoms with E-state index in [1.165, 1.54) is 31.2 Å². The van der Waals surface area contributed by atoms with Gasteiger partial charge < -0.3 is 11.1 Å². The monoisotopic (exact) mass is 232 g/mol. The Balaban J connectivity index is 1.92. The fourth-order valence-corrected chi connectivity index (χ4v) is 2.89. The van der Waals surface area contributed by atoms with Crippen molar-refractivity contribution in [2.75, 3.05) is 6.54 Å². The van der Waals surface area contributed by atoms with Gasteiger partial charge in [0, 0.05) is 18.6 Å². The molecule has 2 heteroatoms. The summed E-state index contributed by atoms with van der Waals surface area (Å²) in [6, 6.07) is 10.6. The van der Waals surface area contributed by atoms with Crippen LogP contribution in [0.15, 0.2) is 30.3 Å². The van der Waals surface area contributed by atoms with E-state index >= 15 is 0 Å². The van der Waals surface area contributed by atoms with E-state index in [4.69, 9.17) is 5.73 Å². The third-order valence-corrected chi connectivity index (χ3v) is 4.19. The first-order valence-corrected chi connectivity index (χ1v) is 6.77. The van der Waals surface area contributed by atoms with Gasteiger partial charge in [-0.1, -0.05) is 43.7 Å². The second-order valence-electron chi connectivity index (χ2n) is 5.34. The van der Waals surface area contributed by atoms with Gasteiger partial charge in [0.25, 0.3) is 0 Å². The quantitative estimate of drug-likeness (QED) is 0.819. The molecule has 0 bridgehead atoms. The lowest BCUT2D eigenvalue weighted by atomic mass is 9.94. The number of benzene rings is 1. The average Bonchev–Trinajstić information content (AvgIpc) is 2.82.